The number of nitrogens with two attached hydrogens (primary N) is 1. The molecule has 0 atom stereocenters. The summed E-state index contributed by atoms with van der Waals surface area (Å²) in [5, 5.41) is 5.96. The van der Waals surface area contributed by atoms with Gasteiger partial charge in [-0.1, -0.05) is 48.5 Å². The Morgan fingerprint density at radius 3 is 2.47 bits per heavy atom. The highest BCUT2D eigenvalue weighted by atomic mass is 15.3. The average molecular weight is 251 g/mol. The van der Waals surface area contributed by atoms with Crippen LogP contribution in [0.3, 0.4) is 0 Å². The summed E-state index contributed by atoms with van der Waals surface area (Å²) in [5.41, 5.74) is 8.98. The van der Waals surface area contributed by atoms with E-state index in [1.165, 1.54) is 10.9 Å². The zero-order valence-electron chi connectivity index (χ0n) is 10.8. The summed E-state index contributed by atoms with van der Waals surface area (Å²) in [6.45, 7) is 1.55. The number of aromatic nitrogens is 2. The number of rotatable bonds is 4. The Bertz CT molecular complexity index is 671. The van der Waals surface area contributed by atoms with Crippen LogP contribution in [0.25, 0.3) is 22.2 Å². The normalized spacial score (nSPS) is 11.0. The largest absolute Gasteiger partial charge is 0.330 e. The van der Waals surface area contributed by atoms with Crippen LogP contribution in [0.2, 0.25) is 0 Å². The highest BCUT2D eigenvalue weighted by Gasteiger charge is 2.10. The Balaban J connectivity index is 2.15. The minimum atomic E-state index is 0.689. The van der Waals surface area contributed by atoms with Crippen molar-refractivity contribution in [3.05, 3.63) is 54.6 Å². The van der Waals surface area contributed by atoms with Crippen molar-refractivity contribution in [3.8, 4) is 11.3 Å². The molecule has 0 aliphatic rings. The van der Waals surface area contributed by atoms with Gasteiger partial charge in [-0.15, -0.1) is 0 Å². The van der Waals surface area contributed by atoms with Crippen LogP contribution >= 0.6 is 0 Å². The van der Waals surface area contributed by atoms with Crippen molar-refractivity contribution >= 4 is 10.9 Å². The molecule has 2 aromatic carbocycles. The van der Waals surface area contributed by atoms with Crippen molar-refractivity contribution in [2.24, 2.45) is 5.73 Å². The smallest absolute Gasteiger partial charge is 0.100 e. The standard InChI is InChI=1S/C16H17N3/c17-11-6-12-19-15-10-5-4-9-14(15)16(18-19)13-7-2-1-3-8-13/h1-5,7-10H,6,11-12,17H2. The molecule has 3 nitrogen and oxygen atoms in total. The molecule has 0 saturated heterocycles. The fraction of sp³-hybridized carbons (Fsp3) is 0.188. The first-order chi connectivity index (χ1) is 9.40. The molecule has 19 heavy (non-hydrogen) atoms. The van der Waals surface area contributed by atoms with Gasteiger partial charge in [0.05, 0.1) is 5.52 Å². The van der Waals surface area contributed by atoms with E-state index < -0.39 is 0 Å². The highest BCUT2D eigenvalue weighted by molar-refractivity contribution is 5.93. The third kappa shape index (κ3) is 2.25. The van der Waals surface area contributed by atoms with Crippen molar-refractivity contribution in [2.75, 3.05) is 6.54 Å². The van der Waals surface area contributed by atoms with Crippen LogP contribution in [0, 0.1) is 0 Å². The van der Waals surface area contributed by atoms with E-state index in [9.17, 15) is 0 Å². The van der Waals surface area contributed by atoms with Crippen LogP contribution in [0.15, 0.2) is 54.6 Å². The molecule has 3 heteroatoms. The fourth-order valence-electron chi connectivity index (χ4n) is 2.35. The monoisotopic (exact) mass is 251 g/mol. The van der Waals surface area contributed by atoms with Crippen molar-refractivity contribution in [3.63, 3.8) is 0 Å². The van der Waals surface area contributed by atoms with E-state index in [4.69, 9.17) is 10.8 Å². The SMILES string of the molecule is NCCCn1nc(-c2ccccc2)c2ccccc21. The van der Waals surface area contributed by atoms with Gasteiger partial charge in [0.15, 0.2) is 0 Å². The molecule has 0 unspecified atom stereocenters. The van der Waals surface area contributed by atoms with Crippen LogP contribution in [0.1, 0.15) is 6.42 Å². The van der Waals surface area contributed by atoms with Gasteiger partial charge in [0.2, 0.25) is 0 Å². The number of para-hydroxylation sites is 1. The maximum atomic E-state index is 5.60. The van der Waals surface area contributed by atoms with E-state index in [-0.39, 0.29) is 0 Å². The van der Waals surface area contributed by atoms with Gasteiger partial charge in [-0.3, -0.25) is 4.68 Å². The molecule has 3 rings (SSSR count). The molecule has 0 radical (unpaired) electrons. The van der Waals surface area contributed by atoms with E-state index in [1.54, 1.807) is 0 Å². The van der Waals surface area contributed by atoms with Crippen LogP contribution in [-0.4, -0.2) is 16.3 Å². The zero-order valence-corrected chi connectivity index (χ0v) is 10.8. The van der Waals surface area contributed by atoms with Gasteiger partial charge in [0.25, 0.3) is 0 Å². The summed E-state index contributed by atoms with van der Waals surface area (Å²) in [4.78, 5) is 0. The van der Waals surface area contributed by atoms with E-state index >= 15 is 0 Å². The predicted molar refractivity (Wildman–Crippen MR) is 78.8 cm³/mol. The van der Waals surface area contributed by atoms with Gasteiger partial charge >= 0.3 is 0 Å². The average Bonchev–Trinajstić information content (AvgIpc) is 2.85. The summed E-state index contributed by atoms with van der Waals surface area (Å²) in [6.07, 6.45) is 0.944. The molecule has 0 fully saturated rings. The van der Waals surface area contributed by atoms with Gasteiger partial charge in [0.1, 0.15) is 5.69 Å². The second kappa shape index (κ2) is 5.24. The molecule has 3 aromatic rings. The van der Waals surface area contributed by atoms with E-state index in [1.807, 2.05) is 18.2 Å². The lowest BCUT2D eigenvalue weighted by Crippen LogP contribution is -2.06. The molecule has 0 saturated carbocycles. The highest BCUT2D eigenvalue weighted by Crippen LogP contribution is 2.27. The van der Waals surface area contributed by atoms with Crippen LogP contribution < -0.4 is 5.73 Å². The second-order valence-electron chi connectivity index (χ2n) is 4.60. The molecule has 1 heterocycles. The maximum absolute atomic E-state index is 5.60. The van der Waals surface area contributed by atoms with Crippen LogP contribution in [-0.2, 0) is 6.54 Å². The Morgan fingerprint density at radius 2 is 1.68 bits per heavy atom. The third-order valence-electron chi connectivity index (χ3n) is 3.28. The first kappa shape index (κ1) is 11.9. The summed E-state index contributed by atoms with van der Waals surface area (Å²) in [5.74, 6) is 0. The number of aryl methyl sites for hydroxylation is 1. The van der Waals surface area contributed by atoms with Crippen molar-refractivity contribution in [1.82, 2.24) is 9.78 Å². The topological polar surface area (TPSA) is 43.8 Å². The predicted octanol–water partition coefficient (Wildman–Crippen LogP) is 3.05. The van der Waals surface area contributed by atoms with Gasteiger partial charge < -0.3 is 5.73 Å². The lowest BCUT2D eigenvalue weighted by atomic mass is 10.1. The molecule has 1 aromatic heterocycles. The summed E-state index contributed by atoms with van der Waals surface area (Å²) in [6, 6.07) is 18.7. The molecular formula is C16H17N3. The minimum Gasteiger partial charge on any atom is -0.330 e. The molecule has 0 bridgehead atoms. The van der Waals surface area contributed by atoms with Crippen molar-refractivity contribution < 1.29 is 0 Å². The maximum Gasteiger partial charge on any atom is 0.100 e. The van der Waals surface area contributed by atoms with Gasteiger partial charge in [0, 0.05) is 17.5 Å². The van der Waals surface area contributed by atoms with Crippen molar-refractivity contribution in [1.29, 1.82) is 0 Å². The number of hydrogen-bond acceptors (Lipinski definition) is 2. The fourth-order valence-corrected chi connectivity index (χ4v) is 2.35. The minimum absolute atomic E-state index is 0.689. The third-order valence-corrected chi connectivity index (χ3v) is 3.28. The van der Waals surface area contributed by atoms with Gasteiger partial charge in [-0.2, -0.15) is 5.10 Å². The van der Waals surface area contributed by atoms with E-state index in [0.29, 0.717) is 6.54 Å². The molecule has 96 valence electrons. The molecular weight excluding hydrogens is 234 g/mol. The molecule has 0 aliphatic carbocycles. The zero-order chi connectivity index (χ0) is 13.1. The molecule has 0 spiro atoms. The lowest BCUT2D eigenvalue weighted by Gasteiger charge is -2.00. The van der Waals surface area contributed by atoms with Gasteiger partial charge in [-0.25, -0.2) is 0 Å². The number of hydrogen-bond donors (Lipinski definition) is 1. The first-order valence-electron chi connectivity index (χ1n) is 6.61. The molecule has 2 N–H and O–H groups in total. The van der Waals surface area contributed by atoms with Gasteiger partial charge in [-0.05, 0) is 19.0 Å². The first-order valence-corrected chi connectivity index (χ1v) is 6.61. The summed E-state index contributed by atoms with van der Waals surface area (Å²) >= 11 is 0. The molecule has 0 aliphatic heterocycles. The summed E-state index contributed by atoms with van der Waals surface area (Å²) < 4.78 is 2.06. The number of fused-ring (bicyclic) bond motifs is 1. The Kier molecular flexibility index (Phi) is 3.29. The quantitative estimate of drug-likeness (QED) is 0.774. The Morgan fingerprint density at radius 1 is 0.947 bits per heavy atom. The Labute approximate surface area is 112 Å². The molecule has 0 amide bonds. The van der Waals surface area contributed by atoms with E-state index in [0.717, 1.165) is 24.2 Å². The number of nitrogens with zero attached hydrogens (tertiary/aromatic N) is 2. The van der Waals surface area contributed by atoms with E-state index in [2.05, 4.69) is 41.1 Å². The Hall–Kier alpha value is -2.13. The van der Waals surface area contributed by atoms with Crippen LogP contribution in [0.4, 0.5) is 0 Å². The summed E-state index contributed by atoms with van der Waals surface area (Å²) in [7, 11) is 0. The number of benzene rings is 2. The van der Waals surface area contributed by atoms with Crippen LogP contribution in [0.5, 0.6) is 0 Å². The lowest BCUT2D eigenvalue weighted by molar-refractivity contribution is 0.604. The van der Waals surface area contributed by atoms with Crippen molar-refractivity contribution in [2.45, 2.75) is 13.0 Å². The second-order valence-corrected chi connectivity index (χ2v) is 4.60.